The fourth-order valence-electron chi connectivity index (χ4n) is 2.33. The van der Waals surface area contributed by atoms with Crippen molar-refractivity contribution in [1.82, 2.24) is 25.0 Å². The van der Waals surface area contributed by atoms with Gasteiger partial charge >= 0.3 is 0 Å². The minimum absolute atomic E-state index is 0.686. The highest BCUT2D eigenvalue weighted by molar-refractivity contribution is 5.36. The SMILES string of the molecule is Cc1cncc(N2CCN(Cc3nc(C)no3)CC2)n1. The van der Waals surface area contributed by atoms with Crippen LogP contribution in [0.3, 0.4) is 0 Å². The second kappa shape index (κ2) is 5.54. The maximum atomic E-state index is 5.16. The lowest BCUT2D eigenvalue weighted by Gasteiger charge is -2.34. The molecule has 0 aliphatic carbocycles. The Hall–Kier alpha value is -2.02. The molecular weight excluding hydrogens is 256 g/mol. The molecule has 0 spiro atoms. The molecule has 0 unspecified atom stereocenters. The molecule has 0 saturated carbocycles. The lowest BCUT2D eigenvalue weighted by atomic mass is 10.3. The van der Waals surface area contributed by atoms with Crippen LogP contribution in [0.4, 0.5) is 5.82 Å². The van der Waals surface area contributed by atoms with E-state index in [9.17, 15) is 0 Å². The number of piperazine rings is 1. The largest absolute Gasteiger partial charge is 0.353 e. The number of hydrogen-bond acceptors (Lipinski definition) is 7. The van der Waals surface area contributed by atoms with Gasteiger partial charge in [-0.25, -0.2) is 4.98 Å². The van der Waals surface area contributed by atoms with Gasteiger partial charge in [-0.2, -0.15) is 4.98 Å². The molecule has 3 heterocycles. The zero-order chi connectivity index (χ0) is 13.9. The fraction of sp³-hybridized carbons (Fsp3) is 0.538. The molecule has 7 nitrogen and oxygen atoms in total. The molecule has 20 heavy (non-hydrogen) atoms. The summed E-state index contributed by atoms with van der Waals surface area (Å²) in [6.45, 7) is 8.30. The third-order valence-electron chi connectivity index (χ3n) is 3.37. The smallest absolute Gasteiger partial charge is 0.240 e. The molecule has 106 valence electrons. The van der Waals surface area contributed by atoms with Crippen LogP contribution in [0.25, 0.3) is 0 Å². The van der Waals surface area contributed by atoms with E-state index in [1.54, 1.807) is 6.20 Å². The van der Waals surface area contributed by atoms with Crippen molar-refractivity contribution in [2.45, 2.75) is 20.4 Å². The van der Waals surface area contributed by atoms with Crippen molar-refractivity contribution in [3.63, 3.8) is 0 Å². The normalized spacial score (nSPS) is 16.6. The number of hydrogen-bond donors (Lipinski definition) is 0. The van der Waals surface area contributed by atoms with Crippen molar-refractivity contribution in [3.05, 3.63) is 29.8 Å². The van der Waals surface area contributed by atoms with Crippen LogP contribution in [0.2, 0.25) is 0 Å². The van der Waals surface area contributed by atoms with Gasteiger partial charge in [-0.1, -0.05) is 5.16 Å². The van der Waals surface area contributed by atoms with Gasteiger partial charge in [0.2, 0.25) is 5.89 Å². The van der Waals surface area contributed by atoms with E-state index in [2.05, 4.69) is 29.9 Å². The Balaban J connectivity index is 1.57. The molecule has 0 atom stereocenters. The predicted octanol–water partition coefficient (Wildman–Crippen LogP) is 0.799. The monoisotopic (exact) mass is 274 g/mol. The minimum Gasteiger partial charge on any atom is -0.353 e. The Bertz CT molecular complexity index is 576. The average Bonchev–Trinajstić information content (AvgIpc) is 2.85. The van der Waals surface area contributed by atoms with Crippen LogP contribution in [0, 0.1) is 13.8 Å². The van der Waals surface area contributed by atoms with E-state index < -0.39 is 0 Å². The number of aromatic nitrogens is 4. The molecule has 7 heteroatoms. The van der Waals surface area contributed by atoms with E-state index in [1.165, 1.54) is 0 Å². The van der Waals surface area contributed by atoms with Crippen LogP contribution in [0.15, 0.2) is 16.9 Å². The second-order valence-electron chi connectivity index (χ2n) is 5.02. The molecule has 1 saturated heterocycles. The zero-order valence-corrected chi connectivity index (χ0v) is 11.8. The van der Waals surface area contributed by atoms with Crippen molar-refractivity contribution in [1.29, 1.82) is 0 Å². The third-order valence-corrected chi connectivity index (χ3v) is 3.37. The van der Waals surface area contributed by atoms with Crippen LogP contribution < -0.4 is 4.90 Å². The summed E-state index contributed by atoms with van der Waals surface area (Å²) in [6, 6.07) is 0. The summed E-state index contributed by atoms with van der Waals surface area (Å²) in [6.07, 6.45) is 3.60. The Kier molecular flexibility index (Phi) is 3.60. The first-order valence-electron chi connectivity index (χ1n) is 6.76. The predicted molar refractivity (Wildman–Crippen MR) is 73.3 cm³/mol. The van der Waals surface area contributed by atoms with Crippen LogP contribution in [0.5, 0.6) is 0 Å². The van der Waals surface area contributed by atoms with E-state index in [-0.39, 0.29) is 0 Å². The number of nitrogens with zero attached hydrogens (tertiary/aromatic N) is 6. The number of anilines is 1. The van der Waals surface area contributed by atoms with Gasteiger partial charge in [-0.15, -0.1) is 0 Å². The van der Waals surface area contributed by atoms with Crippen molar-refractivity contribution in [2.24, 2.45) is 0 Å². The second-order valence-corrected chi connectivity index (χ2v) is 5.02. The molecule has 0 N–H and O–H groups in total. The molecule has 2 aromatic rings. The van der Waals surface area contributed by atoms with Crippen molar-refractivity contribution in [2.75, 3.05) is 31.1 Å². The Morgan fingerprint density at radius 3 is 2.55 bits per heavy atom. The van der Waals surface area contributed by atoms with Crippen LogP contribution in [0.1, 0.15) is 17.4 Å². The van der Waals surface area contributed by atoms with Crippen molar-refractivity contribution < 1.29 is 4.52 Å². The number of aryl methyl sites for hydroxylation is 2. The van der Waals surface area contributed by atoms with Gasteiger partial charge in [0.25, 0.3) is 0 Å². The van der Waals surface area contributed by atoms with Gasteiger partial charge in [-0.3, -0.25) is 9.88 Å². The summed E-state index contributed by atoms with van der Waals surface area (Å²) in [4.78, 5) is 17.5. The molecule has 2 aromatic heterocycles. The Morgan fingerprint density at radius 1 is 1.10 bits per heavy atom. The topological polar surface area (TPSA) is 71.2 Å². The van der Waals surface area contributed by atoms with E-state index in [4.69, 9.17) is 4.52 Å². The quantitative estimate of drug-likeness (QED) is 0.819. The highest BCUT2D eigenvalue weighted by Gasteiger charge is 2.20. The maximum absolute atomic E-state index is 5.16. The number of rotatable bonds is 3. The first kappa shape index (κ1) is 13.0. The van der Waals surface area contributed by atoms with Gasteiger partial charge in [0.1, 0.15) is 5.82 Å². The molecule has 0 amide bonds. The lowest BCUT2D eigenvalue weighted by molar-refractivity contribution is 0.215. The molecule has 3 rings (SSSR count). The van der Waals surface area contributed by atoms with Crippen molar-refractivity contribution >= 4 is 5.82 Å². The molecule has 1 aliphatic heterocycles. The van der Waals surface area contributed by atoms with Gasteiger partial charge in [-0.05, 0) is 13.8 Å². The Labute approximate surface area is 117 Å². The first-order valence-corrected chi connectivity index (χ1v) is 6.76. The van der Waals surface area contributed by atoms with Crippen LogP contribution in [-0.4, -0.2) is 51.2 Å². The van der Waals surface area contributed by atoms with E-state index >= 15 is 0 Å². The summed E-state index contributed by atoms with van der Waals surface area (Å²) in [5, 5.41) is 3.81. The molecule has 0 aromatic carbocycles. The Morgan fingerprint density at radius 2 is 1.90 bits per heavy atom. The van der Waals surface area contributed by atoms with Gasteiger partial charge < -0.3 is 9.42 Å². The molecule has 0 radical (unpaired) electrons. The summed E-state index contributed by atoms with van der Waals surface area (Å²) < 4.78 is 5.16. The first-order chi connectivity index (χ1) is 9.70. The average molecular weight is 274 g/mol. The summed E-state index contributed by atoms with van der Waals surface area (Å²) in [5.74, 6) is 2.33. The third kappa shape index (κ3) is 2.93. The fourth-order valence-corrected chi connectivity index (χ4v) is 2.33. The molecule has 0 bridgehead atoms. The van der Waals surface area contributed by atoms with E-state index in [0.717, 1.165) is 37.7 Å². The van der Waals surface area contributed by atoms with Gasteiger partial charge in [0.15, 0.2) is 5.82 Å². The highest BCUT2D eigenvalue weighted by atomic mass is 16.5. The summed E-state index contributed by atoms with van der Waals surface area (Å²) >= 11 is 0. The molecular formula is C13H18N6O. The van der Waals surface area contributed by atoms with Crippen LogP contribution in [-0.2, 0) is 6.54 Å². The van der Waals surface area contributed by atoms with Gasteiger partial charge in [0, 0.05) is 32.4 Å². The highest BCUT2D eigenvalue weighted by Crippen LogP contribution is 2.14. The van der Waals surface area contributed by atoms with Crippen molar-refractivity contribution in [3.8, 4) is 0 Å². The maximum Gasteiger partial charge on any atom is 0.240 e. The minimum atomic E-state index is 0.686. The molecule has 1 aliphatic rings. The van der Waals surface area contributed by atoms with Gasteiger partial charge in [0.05, 0.1) is 18.4 Å². The van der Waals surface area contributed by atoms with E-state index in [1.807, 2.05) is 20.0 Å². The standard InChI is InChI=1S/C13H18N6O/c1-10-7-14-8-12(15-10)19-5-3-18(4-6-19)9-13-16-11(2)17-20-13/h7-8H,3-6,9H2,1-2H3. The van der Waals surface area contributed by atoms with E-state index in [0.29, 0.717) is 18.3 Å². The zero-order valence-electron chi connectivity index (χ0n) is 11.8. The molecule has 1 fully saturated rings. The summed E-state index contributed by atoms with van der Waals surface area (Å²) in [5.41, 5.74) is 0.950. The lowest BCUT2D eigenvalue weighted by Crippen LogP contribution is -2.46. The summed E-state index contributed by atoms with van der Waals surface area (Å²) in [7, 11) is 0. The van der Waals surface area contributed by atoms with Crippen LogP contribution >= 0.6 is 0 Å².